The first-order valence-electron chi connectivity index (χ1n) is 8.04. The lowest BCUT2D eigenvalue weighted by Gasteiger charge is -2.50. The number of benzene rings is 1. The van der Waals surface area contributed by atoms with E-state index in [0.717, 1.165) is 63.2 Å². The van der Waals surface area contributed by atoms with E-state index in [0.29, 0.717) is 5.92 Å². The molecule has 4 aliphatic heterocycles. The smallest absolute Gasteiger partial charge is 0.183 e. The molecule has 4 heteroatoms. The van der Waals surface area contributed by atoms with Crippen LogP contribution in [0.1, 0.15) is 36.7 Å². The van der Waals surface area contributed by atoms with Gasteiger partial charge in [-0.2, -0.15) is 0 Å². The van der Waals surface area contributed by atoms with Crippen LogP contribution in [0.3, 0.4) is 0 Å². The van der Waals surface area contributed by atoms with Crippen LogP contribution in [0, 0.1) is 5.92 Å². The van der Waals surface area contributed by atoms with E-state index in [4.69, 9.17) is 9.47 Å². The van der Waals surface area contributed by atoms with Crippen molar-refractivity contribution in [2.75, 3.05) is 32.8 Å². The van der Waals surface area contributed by atoms with Gasteiger partial charge in [0.25, 0.3) is 0 Å². The Hall–Kier alpha value is -0.940. The fourth-order valence-corrected chi connectivity index (χ4v) is 3.97. The van der Waals surface area contributed by atoms with E-state index < -0.39 is 5.60 Å². The van der Waals surface area contributed by atoms with Gasteiger partial charge in [-0.3, -0.25) is 0 Å². The molecule has 1 atom stereocenters. The molecular formula is C17H23NO3. The molecule has 21 heavy (non-hydrogen) atoms. The van der Waals surface area contributed by atoms with Crippen LogP contribution < -0.4 is 0 Å². The van der Waals surface area contributed by atoms with Crippen LogP contribution in [0.5, 0.6) is 0 Å². The lowest BCUT2D eigenvalue weighted by molar-refractivity contribution is -0.183. The van der Waals surface area contributed by atoms with Gasteiger partial charge in [0.05, 0.1) is 13.2 Å². The molecule has 114 valence electrons. The van der Waals surface area contributed by atoms with Gasteiger partial charge in [0.15, 0.2) is 6.29 Å². The second kappa shape index (κ2) is 5.36. The minimum atomic E-state index is -0.677. The summed E-state index contributed by atoms with van der Waals surface area (Å²) in [6.45, 7) is 4.55. The molecule has 4 saturated heterocycles. The highest BCUT2D eigenvalue weighted by molar-refractivity contribution is 5.30. The van der Waals surface area contributed by atoms with Crippen LogP contribution in [-0.4, -0.2) is 42.9 Å². The molecule has 1 N–H and O–H groups in total. The van der Waals surface area contributed by atoms with Gasteiger partial charge in [0.2, 0.25) is 0 Å². The molecule has 0 aromatic heterocycles. The van der Waals surface area contributed by atoms with Crippen molar-refractivity contribution in [1.29, 1.82) is 0 Å². The second-order valence-corrected chi connectivity index (χ2v) is 6.52. The van der Waals surface area contributed by atoms with Crippen molar-refractivity contribution < 1.29 is 14.6 Å². The number of hydrogen-bond donors (Lipinski definition) is 1. The summed E-state index contributed by atoms with van der Waals surface area (Å²) in [7, 11) is 0. The molecule has 1 aromatic rings. The number of nitrogens with zero attached hydrogens (tertiary/aromatic N) is 1. The van der Waals surface area contributed by atoms with Crippen LogP contribution in [0.4, 0.5) is 0 Å². The number of fused-ring (bicyclic) bond motifs is 3. The van der Waals surface area contributed by atoms with Crippen LogP contribution in [0.2, 0.25) is 0 Å². The van der Waals surface area contributed by atoms with Crippen molar-refractivity contribution in [3.05, 3.63) is 35.4 Å². The van der Waals surface area contributed by atoms with Gasteiger partial charge in [-0.05, 0) is 43.8 Å². The fraction of sp³-hybridized carbons (Fsp3) is 0.647. The van der Waals surface area contributed by atoms with E-state index in [1.165, 1.54) is 0 Å². The number of piperidine rings is 3. The summed E-state index contributed by atoms with van der Waals surface area (Å²) in [5, 5.41) is 11.1. The molecule has 0 amide bonds. The highest BCUT2D eigenvalue weighted by atomic mass is 16.7. The van der Waals surface area contributed by atoms with Crippen LogP contribution in [-0.2, 0) is 15.1 Å². The van der Waals surface area contributed by atoms with E-state index in [1.807, 2.05) is 12.1 Å². The summed E-state index contributed by atoms with van der Waals surface area (Å²) in [6.07, 6.45) is 2.93. The highest BCUT2D eigenvalue weighted by Gasteiger charge is 2.46. The van der Waals surface area contributed by atoms with E-state index in [-0.39, 0.29) is 6.29 Å². The summed E-state index contributed by atoms with van der Waals surface area (Å²) in [5.41, 5.74) is 1.41. The van der Waals surface area contributed by atoms with Gasteiger partial charge in [0, 0.05) is 12.1 Å². The summed E-state index contributed by atoms with van der Waals surface area (Å²) < 4.78 is 11.3. The van der Waals surface area contributed by atoms with Gasteiger partial charge >= 0.3 is 0 Å². The third-order valence-electron chi connectivity index (χ3n) is 5.24. The lowest BCUT2D eigenvalue weighted by Crippen LogP contribution is -2.57. The minimum Gasteiger partial charge on any atom is -0.384 e. The van der Waals surface area contributed by atoms with Crippen molar-refractivity contribution in [3.8, 4) is 0 Å². The first-order chi connectivity index (χ1) is 10.3. The summed E-state index contributed by atoms with van der Waals surface area (Å²) in [4.78, 5) is 2.38. The molecule has 4 nitrogen and oxygen atoms in total. The zero-order chi connectivity index (χ0) is 14.3. The third-order valence-corrected chi connectivity index (χ3v) is 5.24. The van der Waals surface area contributed by atoms with Crippen molar-refractivity contribution in [2.45, 2.75) is 31.2 Å². The predicted molar refractivity (Wildman–Crippen MR) is 78.8 cm³/mol. The minimum absolute atomic E-state index is 0.242. The molecular weight excluding hydrogens is 266 g/mol. The molecule has 4 heterocycles. The number of rotatable bonds is 2. The van der Waals surface area contributed by atoms with Gasteiger partial charge in [-0.25, -0.2) is 0 Å². The normalized spacial score (nSPS) is 36.8. The van der Waals surface area contributed by atoms with Crippen LogP contribution >= 0.6 is 0 Å². The third kappa shape index (κ3) is 2.40. The fourth-order valence-electron chi connectivity index (χ4n) is 3.97. The molecule has 0 aliphatic carbocycles. The quantitative estimate of drug-likeness (QED) is 0.904. The van der Waals surface area contributed by atoms with Crippen LogP contribution in [0.15, 0.2) is 24.3 Å². The Morgan fingerprint density at radius 2 is 1.71 bits per heavy atom. The van der Waals surface area contributed by atoms with E-state index in [9.17, 15) is 5.11 Å². The molecule has 0 radical (unpaired) electrons. The van der Waals surface area contributed by atoms with Gasteiger partial charge in [-0.15, -0.1) is 0 Å². The number of ether oxygens (including phenoxy) is 2. The van der Waals surface area contributed by atoms with Crippen molar-refractivity contribution in [2.24, 2.45) is 5.92 Å². The average Bonchev–Trinajstić information content (AvgIpc) is 2.57. The maximum absolute atomic E-state index is 11.1. The number of aliphatic hydroxyl groups is 1. The molecule has 4 aliphatic rings. The van der Waals surface area contributed by atoms with Crippen molar-refractivity contribution in [3.63, 3.8) is 0 Å². The Morgan fingerprint density at radius 1 is 1.05 bits per heavy atom. The summed E-state index contributed by atoms with van der Waals surface area (Å²) in [6, 6.07) is 8.19. The van der Waals surface area contributed by atoms with Crippen molar-refractivity contribution in [1.82, 2.24) is 4.90 Å². The maximum atomic E-state index is 11.1. The topological polar surface area (TPSA) is 41.9 Å². The van der Waals surface area contributed by atoms with Crippen molar-refractivity contribution >= 4 is 0 Å². The molecule has 2 bridgehead atoms. The Labute approximate surface area is 125 Å². The molecule has 5 rings (SSSR count). The van der Waals surface area contributed by atoms with Gasteiger partial charge in [-0.1, -0.05) is 24.3 Å². The molecule has 0 saturated carbocycles. The Balaban J connectivity index is 1.55. The second-order valence-electron chi connectivity index (χ2n) is 6.52. The standard InChI is InChI=1S/C17H23NO3/c19-17(12-18-8-6-15(17)7-9-18)14-4-2-13(3-5-14)16-20-10-1-11-21-16/h2-5,15-16,19H,1,6-12H2/t17-/m1/s1. The summed E-state index contributed by atoms with van der Waals surface area (Å²) in [5.74, 6) is 0.399. The molecule has 0 spiro atoms. The largest absolute Gasteiger partial charge is 0.384 e. The van der Waals surface area contributed by atoms with Gasteiger partial charge < -0.3 is 19.5 Å². The predicted octanol–water partition coefficient (Wildman–Crippen LogP) is 2.04. The first-order valence-corrected chi connectivity index (χ1v) is 8.04. The molecule has 0 unspecified atom stereocenters. The number of hydrogen-bond acceptors (Lipinski definition) is 4. The SMILES string of the molecule is O[C@@]1(c2ccc(C3OCCCO3)cc2)CN2CCC1CC2. The van der Waals surface area contributed by atoms with Gasteiger partial charge in [0.1, 0.15) is 5.60 Å². The zero-order valence-electron chi connectivity index (χ0n) is 12.3. The summed E-state index contributed by atoms with van der Waals surface area (Å²) >= 11 is 0. The molecule has 1 aromatic carbocycles. The molecule has 4 fully saturated rings. The van der Waals surface area contributed by atoms with Crippen LogP contribution in [0.25, 0.3) is 0 Å². The highest BCUT2D eigenvalue weighted by Crippen LogP contribution is 2.42. The Bertz CT molecular complexity index is 489. The Morgan fingerprint density at radius 3 is 2.29 bits per heavy atom. The Kier molecular flexibility index (Phi) is 3.50. The average molecular weight is 289 g/mol. The monoisotopic (exact) mass is 289 g/mol. The van der Waals surface area contributed by atoms with E-state index in [1.54, 1.807) is 0 Å². The van der Waals surface area contributed by atoms with E-state index in [2.05, 4.69) is 17.0 Å². The maximum Gasteiger partial charge on any atom is 0.183 e. The van der Waals surface area contributed by atoms with E-state index >= 15 is 0 Å². The lowest BCUT2D eigenvalue weighted by atomic mass is 9.71. The zero-order valence-corrected chi connectivity index (χ0v) is 12.3. The first kappa shape index (κ1) is 13.7.